The van der Waals surface area contributed by atoms with Gasteiger partial charge in [0.2, 0.25) is 5.91 Å². The van der Waals surface area contributed by atoms with Gasteiger partial charge in [0.25, 0.3) is 11.8 Å². The van der Waals surface area contributed by atoms with Gasteiger partial charge in [-0.15, -0.1) is 21.5 Å². The first-order valence-corrected chi connectivity index (χ1v) is 15.6. The Balaban J connectivity index is 1.31. The van der Waals surface area contributed by atoms with Crippen molar-refractivity contribution >= 4 is 46.3 Å². The molecule has 228 valence electrons. The van der Waals surface area contributed by atoms with Crippen LogP contribution in [-0.4, -0.2) is 70.1 Å². The molecule has 2 aliphatic carbocycles. The topological polar surface area (TPSA) is 164 Å². The number of primary amides is 1. The number of anilines is 3. The van der Waals surface area contributed by atoms with Gasteiger partial charge in [-0.2, -0.15) is 0 Å². The van der Waals surface area contributed by atoms with Gasteiger partial charge >= 0.3 is 0 Å². The van der Waals surface area contributed by atoms with Crippen molar-refractivity contribution in [2.75, 3.05) is 30.8 Å². The number of carbonyl (C=O) groups excluding carboxylic acids is 3. The summed E-state index contributed by atoms with van der Waals surface area (Å²) in [6.45, 7) is 6.49. The molecular weight excluding hydrogens is 568 g/mol. The molecule has 0 spiro atoms. The summed E-state index contributed by atoms with van der Waals surface area (Å²) in [5.41, 5.74) is 6.91. The van der Waals surface area contributed by atoms with Crippen LogP contribution in [0.5, 0.6) is 5.75 Å². The maximum absolute atomic E-state index is 13.1. The van der Waals surface area contributed by atoms with Crippen molar-refractivity contribution in [2.45, 2.75) is 64.5 Å². The fourth-order valence-electron chi connectivity index (χ4n) is 5.56. The molecule has 2 heterocycles. The summed E-state index contributed by atoms with van der Waals surface area (Å²) in [5.74, 6) is -0.405. The minimum absolute atomic E-state index is 0.0244. The number of thiazole rings is 1. The largest absolute Gasteiger partial charge is 0.494 e. The number of para-hydroxylation sites is 1. The number of nitrogens with one attached hydrogen (secondary N) is 3. The summed E-state index contributed by atoms with van der Waals surface area (Å²) in [7, 11) is 1.53. The molecule has 12 nitrogen and oxygen atoms in total. The third-order valence-electron chi connectivity index (χ3n) is 8.04. The van der Waals surface area contributed by atoms with Crippen LogP contribution in [0.4, 0.5) is 17.2 Å². The van der Waals surface area contributed by atoms with Crippen LogP contribution in [0.3, 0.4) is 0 Å². The first-order chi connectivity index (χ1) is 20.8. The van der Waals surface area contributed by atoms with Gasteiger partial charge < -0.3 is 31.3 Å². The van der Waals surface area contributed by atoms with E-state index < -0.39 is 5.91 Å². The summed E-state index contributed by atoms with van der Waals surface area (Å²) in [6.07, 6.45) is 7.35. The van der Waals surface area contributed by atoms with E-state index in [0.29, 0.717) is 32.9 Å². The van der Waals surface area contributed by atoms with Gasteiger partial charge in [-0.3, -0.25) is 14.4 Å². The second-order valence-electron chi connectivity index (χ2n) is 10.9. The molecule has 3 amide bonds. The highest BCUT2D eigenvalue weighted by Crippen LogP contribution is 2.40. The van der Waals surface area contributed by atoms with E-state index >= 15 is 0 Å². The molecule has 0 aliphatic heterocycles. The smallest absolute Gasteiger partial charge is 0.271 e. The standard InChI is InChI=1S/C30H38N8O4S/c1-4-38(5-2)19-13-11-18(12-14-19)33-29(41)23-16-32-30(43-23)20-7-6-8-21(26(20)42-3)34-22-15-24(35-28(40)17-9-10-17)36-37-25(22)27(31)39/h6-8,15-19H,4-5,9-14H2,1-3H3,(H2,31,39)(H,33,41)(H2,34,35,36,40). The van der Waals surface area contributed by atoms with Crippen LogP contribution in [0, 0.1) is 5.92 Å². The van der Waals surface area contributed by atoms with E-state index in [1.54, 1.807) is 12.3 Å². The van der Waals surface area contributed by atoms with Crippen molar-refractivity contribution in [2.24, 2.45) is 11.7 Å². The Labute approximate surface area is 254 Å². The molecule has 43 heavy (non-hydrogen) atoms. The van der Waals surface area contributed by atoms with E-state index in [9.17, 15) is 14.4 Å². The fraction of sp³-hybridized carbons (Fsp3) is 0.467. The number of ether oxygens (including phenoxy) is 1. The van der Waals surface area contributed by atoms with Crippen LogP contribution in [0.15, 0.2) is 30.5 Å². The lowest BCUT2D eigenvalue weighted by atomic mass is 9.90. The van der Waals surface area contributed by atoms with Crippen molar-refractivity contribution in [3.63, 3.8) is 0 Å². The number of benzene rings is 1. The molecule has 5 rings (SSSR count). The summed E-state index contributed by atoms with van der Waals surface area (Å²) in [4.78, 5) is 45.0. The average molecular weight is 607 g/mol. The van der Waals surface area contributed by atoms with Gasteiger partial charge in [0.1, 0.15) is 9.88 Å². The molecule has 0 bridgehead atoms. The van der Waals surface area contributed by atoms with Crippen molar-refractivity contribution in [1.29, 1.82) is 0 Å². The van der Waals surface area contributed by atoms with Crippen LogP contribution >= 0.6 is 11.3 Å². The first-order valence-electron chi connectivity index (χ1n) is 14.7. The second kappa shape index (κ2) is 13.5. The van der Waals surface area contributed by atoms with Crippen molar-refractivity contribution in [1.82, 2.24) is 25.4 Å². The maximum atomic E-state index is 13.1. The van der Waals surface area contributed by atoms with E-state index in [0.717, 1.165) is 51.6 Å². The number of nitrogens with zero attached hydrogens (tertiary/aromatic N) is 4. The zero-order valence-electron chi connectivity index (χ0n) is 24.7. The molecule has 2 aromatic heterocycles. The summed E-state index contributed by atoms with van der Waals surface area (Å²) in [6, 6.07) is 7.68. The average Bonchev–Trinajstić information content (AvgIpc) is 3.75. The van der Waals surface area contributed by atoms with Crippen LogP contribution < -0.4 is 26.4 Å². The van der Waals surface area contributed by atoms with Crippen LogP contribution in [0.1, 0.15) is 72.5 Å². The quantitative estimate of drug-likeness (QED) is 0.237. The normalized spacial score (nSPS) is 18.2. The van der Waals surface area contributed by atoms with Crippen LogP contribution in [0.25, 0.3) is 10.6 Å². The van der Waals surface area contributed by atoms with Crippen molar-refractivity contribution in [3.8, 4) is 16.3 Å². The van der Waals surface area contributed by atoms with Gasteiger partial charge in [-0.25, -0.2) is 4.98 Å². The lowest BCUT2D eigenvalue weighted by molar-refractivity contribution is -0.117. The number of methoxy groups -OCH3 is 1. The molecule has 0 unspecified atom stereocenters. The number of rotatable bonds is 12. The lowest BCUT2D eigenvalue weighted by Gasteiger charge is -2.36. The highest BCUT2D eigenvalue weighted by Gasteiger charge is 2.30. The molecular formula is C30H38N8O4S. The van der Waals surface area contributed by atoms with E-state index in [2.05, 4.69) is 49.9 Å². The number of nitrogens with two attached hydrogens (primary N) is 1. The number of aromatic nitrogens is 3. The molecule has 5 N–H and O–H groups in total. The number of amides is 3. The predicted molar refractivity (Wildman–Crippen MR) is 166 cm³/mol. The Morgan fingerprint density at radius 3 is 2.44 bits per heavy atom. The molecule has 1 aromatic carbocycles. The van der Waals surface area contributed by atoms with Crippen molar-refractivity contribution < 1.29 is 19.1 Å². The lowest BCUT2D eigenvalue weighted by Crippen LogP contribution is -2.43. The van der Waals surface area contributed by atoms with Gasteiger partial charge in [0, 0.05) is 24.1 Å². The number of carbonyl (C=O) groups is 3. The predicted octanol–water partition coefficient (Wildman–Crippen LogP) is 4.18. The van der Waals surface area contributed by atoms with E-state index in [-0.39, 0.29) is 41.0 Å². The maximum Gasteiger partial charge on any atom is 0.271 e. The molecule has 0 saturated heterocycles. The second-order valence-corrected chi connectivity index (χ2v) is 11.9. The van der Waals surface area contributed by atoms with Crippen LogP contribution in [-0.2, 0) is 4.79 Å². The first kappa shape index (κ1) is 30.4. The Hall–Kier alpha value is -4.10. The van der Waals surface area contributed by atoms with Gasteiger partial charge in [-0.05, 0) is 63.7 Å². The Morgan fingerprint density at radius 2 is 1.79 bits per heavy atom. The number of hydrogen-bond acceptors (Lipinski definition) is 10. The molecule has 0 radical (unpaired) electrons. The summed E-state index contributed by atoms with van der Waals surface area (Å²) in [5, 5.41) is 17.6. The molecule has 2 aliphatic rings. The van der Waals surface area contributed by atoms with E-state index in [1.807, 2.05) is 12.1 Å². The highest BCUT2D eigenvalue weighted by atomic mass is 32.1. The minimum Gasteiger partial charge on any atom is -0.494 e. The Bertz CT molecular complexity index is 1480. The Kier molecular flexibility index (Phi) is 9.51. The molecule has 3 aromatic rings. The zero-order valence-corrected chi connectivity index (χ0v) is 25.5. The third-order valence-corrected chi connectivity index (χ3v) is 9.07. The monoisotopic (exact) mass is 606 g/mol. The SMILES string of the molecule is CCN(CC)C1CCC(NC(=O)c2cnc(-c3cccc(Nc4cc(NC(=O)C5CC5)nnc4C(N)=O)c3OC)s2)CC1. The summed E-state index contributed by atoms with van der Waals surface area (Å²) < 4.78 is 5.75. The van der Waals surface area contributed by atoms with E-state index in [4.69, 9.17) is 10.5 Å². The molecule has 2 saturated carbocycles. The van der Waals surface area contributed by atoms with Crippen molar-refractivity contribution in [3.05, 3.63) is 41.0 Å². The minimum atomic E-state index is -0.776. The highest BCUT2D eigenvalue weighted by molar-refractivity contribution is 7.17. The Morgan fingerprint density at radius 1 is 1.05 bits per heavy atom. The van der Waals surface area contributed by atoms with Gasteiger partial charge in [0.15, 0.2) is 17.3 Å². The summed E-state index contributed by atoms with van der Waals surface area (Å²) >= 11 is 1.28. The zero-order chi connectivity index (χ0) is 30.5. The molecule has 2 fully saturated rings. The van der Waals surface area contributed by atoms with Gasteiger partial charge in [0.05, 0.1) is 30.2 Å². The van der Waals surface area contributed by atoms with Gasteiger partial charge in [-0.1, -0.05) is 19.9 Å². The molecule has 0 atom stereocenters. The van der Waals surface area contributed by atoms with E-state index in [1.165, 1.54) is 24.5 Å². The number of hydrogen-bond donors (Lipinski definition) is 4. The molecule has 13 heteroatoms. The third kappa shape index (κ3) is 7.11. The fourth-order valence-corrected chi connectivity index (χ4v) is 6.40. The van der Waals surface area contributed by atoms with Crippen LogP contribution in [0.2, 0.25) is 0 Å².